The molecule has 104 valence electrons. The van der Waals surface area contributed by atoms with Crippen molar-refractivity contribution in [3.05, 3.63) is 52.5 Å². The molecule has 20 heavy (non-hydrogen) atoms. The van der Waals surface area contributed by atoms with E-state index in [-0.39, 0.29) is 5.56 Å². The van der Waals surface area contributed by atoms with Crippen molar-refractivity contribution in [2.45, 2.75) is 26.3 Å². The van der Waals surface area contributed by atoms with E-state index < -0.39 is 0 Å². The van der Waals surface area contributed by atoms with Crippen LogP contribution in [0.3, 0.4) is 0 Å². The van der Waals surface area contributed by atoms with E-state index in [1.807, 2.05) is 30.5 Å². The summed E-state index contributed by atoms with van der Waals surface area (Å²) < 4.78 is 0. The summed E-state index contributed by atoms with van der Waals surface area (Å²) in [6, 6.07) is 8.42. The summed E-state index contributed by atoms with van der Waals surface area (Å²) in [5.41, 5.74) is 2.50. The lowest BCUT2D eigenvalue weighted by atomic mass is 9.96. The van der Waals surface area contributed by atoms with E-state index in [2.05, 4.69) is 29.8 Å². The molecule has 0 atom stereocenters. The van der Waals surface area contributed by atoms with Crippen LogP contribution in [0.1, 0.15) is 25.8 Å². The largest absolute Gasteiger partial charge is 0.328 e. The number of pyridine rings is 1. The fourth-order valence-electron chi connectivity index (χ4n) is 2.87. The minimum atomic E-state index is -0.00966. The van der Waals surface area contributed by atoms with E-state index in [1.165, 1.54) is 11.1 Å². The van der Waals surface area contributed by atoms with Crippen LogP contribution in [0.5, 0.6) is 0 Å². The molecule has 1 aromatic heterocycles. The lowest BCUT2D eigenvalue weighted by Crippen LogP contribution is -2.34. The molecule has 0 spiro atoms. The van der Waals surface area contributed by atoms with Gasteiger partial charge in [-0.05, 0) is 37.3 Å². The number of aromatic nitrogens is 1. The Kier molecular flexibility index (Phi) is 3.45. The Balaban J connectivity index is 2.04. The second kappa shape index (κ2) is 5.25. The van der Waals surface area contributed by atoms with E-state index in [9.17, 15) is 4.79 Å². The fraction of sp³-hybridized carbons (Fsp3) is 0.353. The predicted molar refractivity (Wildman–Crippen MR) is 83.9 cm³/mol. The van der Waals surface area contributed by atoms with Gasteiger partial charge in [-0.3, -0.25) is 9.69 Å². The molecule has 2 heterocycles. The maximum Gasteiger partial charge on any atom is 0.255 e. The van der Waals surface area contributed by atoms with Crippen LogP contribution in [0.25, 0.3) is 16.3 Å². The van der Waals surface area contributed by atoms with Crippen LogP contribution >= 0.6 is 0 Å². The van der Waals surface area contributed by atoms with Crippen molar-refractivity contribution in [2.75, 3.05) is 13.1 Å². The Hall–Kier alpha value is -1.87. The van der Waals surface area contributed by atoms with Gasteiger partial charge < -0.3 is 4.98 Å². The van der Waals surface area contributed by atoms with E-state index in [4.69, 9.17) is 0 Å². The Morgan fingerprint density at radius 2 is 1.95 bits per heavy atom. The average molecular weight is 268 g/mol. The van der Waals surface area contributed by atoms with Gasteiger partial charge in [-0.1, -0.05) is 24.3 Å². The predicted octanol–water partition coefficient (Wildman–Crippen LogP) is 3.03. The third-order valence-corrected chi connectivity index (χ3v) is 4.13. The van der Waals surface area contributed by atoms with Gasteiger partial charge in [-0.2, -0.15) is 0 Å². The van der Waals surface area contributed by atoms with Gasteiger partial charge in [-0.25, -0.2) is 0 Å². The normalized spacial score (nSPS) is 16.6. The van der Waals surface area contributed by atoms with Gasteiger partial charge in [0.15, 0.2) is 0 Å². The molecule has 3 heteroatoms. The number of rotatable bonds is 2. The van der Waals surface area contributed by atoms with Gasteiger partial charge in [0.25, 0.3) is 5.56 Å². The highest BCUT2D eigenvalue weighted by molar-refractivity contribution is 5.93. The minimum Gasteiger partial charge on any atom is -0.328 e. The first kappa shape index (κ1) is 13.1. The lowest BCUT2D eigenvalue weighted by molar-refractivity contribution is 0.245. The van der Waals surface area contributed by atoms with Crippen molar-refractivity contribution in [2.24, 2.45) is 0 Å². The van der Waals surface area contributed by atoms with Crippen LogP contribution in [0.2, 0.25) is 0 Å². The first-order valence-electron chi connectivity index (χ1n) is 7.20. The summed E-state index contributed by atoms with van der Waals surface area (Å²) in [5, 5.41) is 1.83. The number of nitrogens with zero attached hydrogens (tertiary/aromatic N) is 1. The quantitative estimate of drug-likeness (QED) is 0.909. The fourth-order valence-corrected chi connectivity index (χ4v) is 2.87. The zero-order chi connectivity index (χ0) is 14.1. The molecule has 0 amide bonds. The minimum absolute atomic E-state index is 0.00966. The molecular formula is C17H20N2O. The van der Waals surface area contributed by atoms with Crippen molar-refractivity contribution in [3.63, 3.8) is 0 Å². The maximum absolute atomic E-state index is 11.9. The molecule has 3 rings (SSSR count). The van der Waals surface area contributed by atoms with Crippen molar-refractivity contribution < 1.29 is 0 Å². The molecule has 0 unspecified atom stereocenters. The standard InChI is InChI=1S/C17H20N2O/c1-12(2)19-9-7-13(8-10-19)16-11-18-17(20)15-6-4-3-5-14(15)16/h3-7,11-12H,8-10H2,1-2H3,(H,18,20). The highest BCUT2D eigenvalue weighted by Gasteiger charge is 2.16. The highest BCUT2D eigenvalue weighted by atomic mass is 16.1. The van der Waals surface area contributed by atoms with Crippen LogP contribution in [0.4, 0.5) is 0 Å². The van der Waals surface area contributed by atoms with E-state index in [0.717, 1.165) is 30.3 Å². The molecule has 1 aliphatic heterocycles. The first-order valence-corrected chi connectivity index (χ1v) is 7.20. The van der Waals surface area contributed by atoms with Gasteiger partial charge in [0.1, 0.15) is 0 Å². The summed E-state index contributed by atoms with van der Waals surface area (Å²) in [5.74, 6) is 0. The first-order chi connectivity index (χ1) is 9.66. The highest BCUT2D eigenvalue weighted by Crippen LogP contribution is 2.27. The van der Waals surface area contributed by atoms with Crippen LogP contribution in [-0.2, 0) is 0 Å². The molecule has 0 saturated carbocycles. The van der Waals surface area contributed by atoms with Gasteiger partial charge in [0.2, 0.25) is 0 Å². The van der Waals surface area contributed by atoms with Gasteiger partial charge in [0, 0.05) is 36.3 Å². The van der Waals surface area contributed by atoms with Gasteiger partial charge >= 0.3 is 0 Å². The number of H-pyrrole nitrogens is 1. The summed E-state index contributed by atoms with van der Waals surface area (Å²) in [4.78, 5) is 17.2. The maximum atomic E-state index is 11.9. The topological polar surface area (TPSA) is 36.1 Å². The molecule has 0 fully saturated rings. The zero-order valence-electron chi connectivity index (χ0n) is 12.0. The van der Waals surface area contributed by atoms with E-state index >= 15 is 0 Å². The van der Waals surface area contributed by atoms with Crippen molar-refractivity contribution in [1.82, 2.24) is 9.88 Å². The third kappa shape index (κ3) is 2.29. The molecule has 1 aliphatic rings. The van der Waals surface area contributed by atoms with Crippen molar-refractivity contribution in [1.29, 1.82) is 0 Å². The molecule has 3 nitrogen and oxygen atoms in total. The summed E-state index contributed by atoms with van der Waals surface area (Å²) >= 11 is 0. The molecule has 1 aromatic carbocycles. The average Bonchev–Trinajstić information content (AvgIpc) is 2.48. The molecule has 0 saturated heterocycles. The molecular weight excluding hydrogens is 248 g/mol. The second-order valence-electron chi connectivity index (χ2n) is 5.65. The summed E-state index contributed by atoms with van der Waals surface area (Å²) in [7, 11) is 0. The van der Waals surface area contributed by atoms with Gasteiger partial charge in [0.05, 0.1) is 0 Å². The zero-order valence-corrected chi connectivity index (χ0v) is 12.0. The number of hydrogen-bond donors (Lipinski definition) is 1. The summed E-state index contributed by atoms with van der Waals surface area (Å²) in [6.07, 6.45) is 5.19. The Labute approximate surface area is 118 Å². The monoisotopic (exact) mass is 268 g/mol. The van der Waals surface area contributed by atoms with Crippen LogP contribution in [-0.4, -0.2) is 29.0 Å². The summed E-state index contributed by atoms with van der Waals surface area (Å²) in [6.45, 7) is 6.53. The molecule has 0 aliphatic carbocycles. The van der Waals surface area contributed by atoms with Crippen LogP contribution in [0, 0.1) is 0 Å². The third-order valence-electron chi connectivity index (χ3n) is 4.13. The van der Waals surface area contributed by atoms with Crippen molar-refractivity contribution in [3.8, 4) is 0 Å². The number of hydrogen-bond acceptors (Lipinski definition) is 2. The molecule has 0 radical (unpaired) electrons. The molecule has 2 aromatic rings. The number of benzene rings is 1. The smallest absolute Gasteiger partial charge is 0.255 e. The molecule has 0 bridgehead atoms. The van der Waals surface area contributed by atoms with Crippen LogP contribution in [0.15, 0.2) is 41.3 Å². The Morgan fingerprint density at radius 1 is 1.20 bits per heavy atom. The van der Waals surface area contributed by atoms with E-state index in [1.54, 1.807) is 0 Å². The Morgan fingerprint density at radius 3 is 2.60 bits per heavy atom. The number of aromatic amines is 1. The van der Waals surface area contributed by atoms with Gasteiger partial charge in [-0.15, -0.1) is 0 Å². The second-order valence-corrected chi connectivity index (χ2v) is 5.65. The van der Waals surface area contributed by atoms with Crippen LogP contribution < -0.4 is 5.56 Å². The SMILES string of the molecule is CC(C)N1CC=C(c2c[nH]c(=O)c3ccccc23)CC1. The lowest BCUT2D eigenvalue weighted by Gasteiger charge is -2.30. The number of fused-ring (bicyclic) bond motifs is 1. The number of nitrogens with one attached hydrogen (secondary N) is 1. The van der Waals surface area contributed by atoms with Crippen molar-refractivity contribution >= 4 is 16.3 Å². The van der Waals surface area contributed by atoms with E-state index in [0.29, 0.717) is 6.04 Å². The Bertz CT molecular complexity index is 712. The molecule has 1 N–H and O–H groups in total.